The van der Waals surface area contributed by atoms with Gasteiger partial charge in [-0.25, -0.2) is 0 Å². The molecule has 0 fully saturated rings. The van der Waals surface area contributed by atoms with Crippen LogP contribution in [-0.2, 0) is 9.53 Å². The third kappa shape index (κ3) is 3.92. The van der Waals surface area contributed by atoms with Crippen molar-refractivity contribution in [2.75, 3.05) is 0 Å². The molecule has 0 aromatic heterocycles. The zero-order chi connectivity index (χ0) is 9.02. The topological polar surface area (TPSA) is 87.0 Å². The van der Waals surface area contributed by atoms with Gasteiger partial charge in [0.1, 0.15) is 12.2 Å². The Hall–Kier alpha value is -0.650. The Morgan fingerprint density at radius 1 is 1.36 bits per heavy atom. The van der Waals surface area contributed by atoms with E-state index in [0.29, 0.717) is 0 Å². The highest BCUT2D eigenvalue weighted by Gasteiger charge is 2.22. The smallest absolute Gasteiger partial charge is 0.302 e. The molecule has 0 heterocycles. The molecule has 2 unspecified atom stereocenters. The van der Waals surface area contributed by atoms with Crippen LogP contribution in [0.3, 0.4) is 0 Å². The van der Waals surface area contributed by atoms with Gasteiger partial charge in [0.2, 0.25) is 0 Å². The van der Waals surface area contributed by atoms with Gasteiger partial charge in [0.05, 0.1) is 0 Å². The third-order valence-corrected chi connectivity index (χ3v) is 1.14. The van der Waals surface area contributed by atoms with E-state index in [2.05, 4.69) is 4.74 Å². The molecule has 0 saturated heterocycles. The Bertz CT molecular complexity index is 133. The Balaban J connectivity index is 3.82. The number of hydrogen-bond donors (Lipinski definition) is 3. The normalized spacial score (nSPS) is 16.2. The molecule has 0 aliphatic heterocycles. The highest BCUT2D eigenvalue weighted by molar-refractivity contribution is 5.66. The number of aliphatic hydroxyl groups excluding tert-OH is 2. The van der Waals surface area contributed by atoms with Crippen LogP contribution in [0.2, 0.25) is 0 Å². The second-order valence-electron chi connectivity index (χ2n) is 2.22. The van der Waals surface area contributed by atoms with Crippen molar-refractivity contribution in [3.8, 4) is 0 Å². The van der Waals surface area contributed by atoms with E-state index < -0.39 is 24.5 Å². The molecule has 0 radical (unpaired) electrons. The van der Waals surface area contributed by atoms with E-state index in [9.17, 15) is 4.79 Å². The van der Waals surface area contributed by atoms with Gasteiger partial charge in [-0.1, -0.05) is 0 Å². The van der Waals surface area contributed by atoms with Crippen molar-refractivity contribution >= 4 is 5.97 Å². The summed E-state index contributed by atoms with van der Waals surface area (Å²) in [4.78, 5) is 10.3. The molecule has 0 aromatic carbocycles. The van der Waals surface area contributed by atoms with Crippen LogP contribution in [0.15, 0.2) is 0 Å². The van der Waals surface area contributed by atoms with Crippen LogP contribution in [0, 0.1) is 0 Å². The lowest BCUT2D eigenvalue weighted by molar-refractivity contribution is -0.177. The maximum atomic E-state index is 10.3. The zero-order valence-electron chi connectivity index (χ0n) is 6.39. The van der Waals surface area contributed by atoms with Gasteiger partial charge in [-0.2, -0.15) is 0 Å². The van der Waals surface area contributed by atoms with Gasteiger partial charge >= 0.3 is 5.97 Å². The molecular weight excluding hydrogens is 152 g/mol. The minimum atomic E-state index is -1.88. The molecule has 0 rings (SSSR count). The molecule has 0 amide bonds. The minimum absolute atomic E-state index is 0.572. The number of hydrogen-bond acceptors (Lipinski definition) is 5. The molecule has 0 saturated carbocycles. The predicted molar refractivity (Wildman–Crippen MR) is 35.5 cm³/mol. The quantitative estimate of drug-likeness (QED) is 0.353. The van der Waals surface area contributed by atoms with Crippen LogP contribution in [0.4, 0.5) is 0 Å². The lowest BCUT2D eigenvalue weighted by Gasteiger charge is -2.19. The molecular formula is C6H12O5. The number of ether oxygens (including phenoxy) is 1. The predicted octanol–water partition coefficient (Wildman–Crippen LogP) is -1.39. The summed E-state index contributed by atoms with van der Waals surface area (Å²) >= 11 is 0. The monoisotopic (exact) mass is 164 g/mol. The highest BCUT2D eigenvalue weighted by Crippen LogP contribution is 2.01. The van der Waals surface area contributed by atoms with E-state index >= 15 is 0 Å². The molecule has 0 aliphatic carbocycles. The van der Waals surface area contributed by atoms with Gasteiger partial charge in [0.25, 0.3) is 0 Å². The first-order chi connectivity index (χ1) is 4.95. The SMILES string of the molecule is CC(=O)OC(C)C(O)C(O)O. The van der Waals surface area contributed by atoms with Gasteiger partial charge in [-0.05, 0) is 6.92 Å². The largest absolute Gasteiger partial charge is 0.460 e. The van der Waals surface area contributed by atoms with Crippen molar-refractivity contribution in [3.63, 3.8) is 0 Å². The van der Waals surface area contributed by atoms with Crippen molar-refractivity contribution in [1.82, 2.24) is 0 Å². The van der Waals surface area contributed by atoms with Crippen molar-refractivity contribution in [2.24, 2.45) is 0 Å². The van der Waals surface area contributed by atoms with Gasteiger partial charge in [-0.15, -0.1) is 0 Å². The number of carbonyl (C=O) groups is 1. The number of esters is 1. The molecule has 0 spiro atoms. The van der Waals surface area contributed by atoms with Crippen molar-refractivity contribution in [1.29, 1.82) is 0 Å². The lowest BCUT2D eigenvalue weighted by atomic mass is 10.2. The average molecular weight is 164 g/mol. The summed E-state index contributed by atoms with van der Waals surface area (Å²) in [6.45, 7) is 2.54. The Morgan fingerprint density at radius 3 is 2.09 bits per heavy atom. The summed E-state index contributed by atoms with van der Waals surface area (Å²) in [5.74, 6) is -0.572. The van der Waals surface area contributed by atoms with E-state index in [1.54, 1.807) is 0 Å². The minimum Gasteiger partial charge on any atom is -0.460 e. The molecule has 11 heavy (non-hydrogen) atoms. The summed E-state index contributed by atoms with van der Waals surface area (Å²) in [7, 11) is 0. The Kier molecular flexibility index (Phi) is 4.02. The van der Waals surface area contributed by atoms with Crippen LogP contribution in [0.1, 0.15) is 13.8 Å². The number of aliphatic hydroxyl groups is 3. The molecule has 5 heteroatoms. The van der Waals surface area contributed by atoms with Crippen LogP contribution < -0.4 is 0 Å². The molecule has 5 nitrogen and oxygen atoms in total. The summed E-state index contributed by atoms with van der Waals surface area (Å²) < 4.78 is 4.46. The van der Waals surface area contributed by atoms with Crippen molar-refractivity contribution < 1.29 is 24.9 Å². The zero-order valence-corrected chi connectivity index (χ0v) is 6.39. The standard InChI is InChI=1S/C6H12O5/c1-3(11-4(2)7)5(8)6(9)10/h3,5-6,8-10H,1-2H3. The second-order valence-corrected chi connectivity index (χ2v) is 2.22. The fraction of sp³-hybridized carbons (Fsp3) is 0.833. The van der Waals surface area contributed by atoms with Crippen LogP contribution in [0.25, 0.3) is 0 Å². The van der Waals surface area contributed by atoms with Crippen LogP contribution in [0.5, 0.6) is 0 Å². The first kappa shape index (κ1) is 10.3. The first-order valence-electron chi connectivity index (χ1n) is 3.16. The fourth-order valence-corrected chi connectivity index (χ4v) is 0.574. The average Bonchev–Trinajstić information content (AvgIpc) is 1.84. The maximum absolute atomic E-state index is 10.3. The maximum Gasteiger partial charge on any atom is 0.302 e. The molecule has 0 aliphatic rings. The second kappa shape index (κ2) is 4.27. The van der Waals surface area contributed by atoms with Crippen molar-refractivity contribution in [3.05, 3.63) is 0 Å². The highest BCUT2D eigenvalue weighted by atomic mass is 16.6. The fourth-order valence-electron chi connectivity index (χ4n) is 0.574. The van der Waals surface area contributed by atoms with E-state index in [1.807, 2.05) is 0 Å². The molecule has 66 valence electrons. The van der Waals surface area contributed by atoms with Gasteiger partial charge in [0, 0.05) is 6.92 Å². The lowest BCUT2D eigenvalue weighted by Crippen LogP contribution is -2.37. The molecule has 2 atom stereocenters. The van der Waals surface area contributed by atoms with Gasteiger partial charge < -0.3 is 20.1 Å². The number of rotatable bonds is 3. The molecule has 0 bridgehead atoms. The Morgan fingerprint density at radius 2 is 1.82 bits per heavy atom. The Labute approximate surface area is 64.2 Å². The summed E-state index contributed by atoms with van der Waals surface area (Å²) in [5, 5.41) is 25.7. The van der Waals surface area contributed by atoms with Gasteiger partial charge in [-0.3, -0.25) is 4.79 Å². The molecule has 0 aromatic rings. The van der Waals surface area contributed by atoms with E-state index in [4.69, 9.17) is 15.3 Å². The molecule has 3 N–H and O–H groups in total. The van der Waals surface area contributed by atoms with Crippen LogP contribution in [-0.4, -0.2) is 39.8 Å². The van der Waals surface area contributed by atoms with Crippen molar-refractivity contribution in [2.45, 2.75) is 32.3 Å². The first-order valence-corrected chi connectivity index (χ1v) is 3.16. The van der Waals surface area contributed by atoms with E-state index in [-0.39, 0.29) is 0 Å². The summed E-state index contributed by atoms with van der Waals surface area (Å²) in [6, 6.07) is 0. The summed E-state index contributed by atoms with van der Waals surface area (Å²) in [5.41, 5.74) is 0. The van der Waals surface area contributed by atoms with E-state index in [0.717, 1.165) is 0 Å². The number of carbonyl (C=O) groups excluding carboxylic acids is 1. The van der Waals surface area contributed by atoms with Gasteiger partial charge in [0.15, 0.2) is 6.29 Å². The summed E-state index contributed by atoms with van der Waals surface area (Å²) in [6.07, 6.45) is -4.25. The van der Waals surface area contributed by atoms with E-state index in [1.165, 1.54) is 13.8 Å². The third-order valence-electron chi connectivity index (χ3n) is 1.14. The van der Waals surface area contributed by atoms with Crippen LogP contribution >= 0.6 is 0 Å².